The third-order valence-corrected chi connectivity index (χ3v) is 2.74. The quantitative estimate of drug-likeness (QED) is 0.572. The molecule has 0 aliphatic rings. The van der Waals surface area contributed by atoms with Gasteiger partial charge in [0.15, 0.2) is 0 Å². The molecule has 1 aromatic carbocycles. The van der Waals surface area contributed by atoms with Crippen LogP contribution in [0.3, 0.4) is 0 Å². The van der Waals surface area contributed by atoms with Crippen LogP contribution in [-0.2, 0) is 4.79 Å². The number of allylic oxidation sites excluding steroid dienone is 1. The molecule has 2 N–H and O–H groups in total. The Morgan fingerprint density at radius 3 is 2.94 bits per heavy atom. The summed E-state index contributed by atoms with van der Waals surface area (Å²) in [5, 5.41) is 6.25. The average molecular weight is 246 g/mol. The van der Waals surface area contributed by atoms with Crippen LogP contribution in [0.15, 0.2) is 36.9 Å². The van der Waals surface area contributed by atoms with Crippen molar-refractivity contribution in [3.8, 4) is 0 Å². The highest BCUT2D eigenvalue weighted by Crippen LogP contribution is 2.17. The number of carbonyl (C=O) groups excluding carboxylic acids is 1. The van der Waals surface area contributed by atoms with Crippen LogP contribution in [0.4, 0.5) is 5.69 Å². The lowest BCUT2D eigenvalue weighted by molar-refractivity contribution is -0.114. The number of carbonyl (C=O) groups is 1. The summed E-state index contributed by atoms with van der Waals surface area (Å²) in [6.45, 7) is 8.32. The Balaban J connectivity index is 2.53. The molecular formula is C15H22N2O. The number of hydrogen-bond acceptors (Lipinski definition) is 2. The zero-order valence-corrected chi connectivity index (χ0v) is 11.2. The van der Waals surface area contributed by atoms with E-state index in [9.17, 15) is 4.79 Å². The largest absolute Gasteiger partial charge is 0.326 e. The Morgan fingerprint density at radius 1 is 1.50 bits per heavy atom. The first-order valence-electron chi connectivity index (χ1n) is 6.35. The number of nitrogens with one attached hydrogen (secondary N) is 2. The van der Waals surface area contributed by atoms with E-state index in [0.29, 0.717) is 0 Å². The Kier molecular flexibility index (Phi) is 6.15. The van der Waals surface area contributed by atoms with Gasteiger partial charge in [-0.05, 0) is 44.0 Å². The standard InChI is InChI=1S/C15H22N2O/c1-4-5-6-10-16-12(2)14-8-7-9-15(11-14)17-13(3)18/h4,7-9,11-12,16H,1,5-6,10H2,2-3H3,(H,17,18). The smallest absolute Gasteiger partial charge is 0.221 e. The third-order valence-electron chi connectivity index (χ3n) is 2.74. The number of unbranched alkanes of at least 4 members (excludes halogenated alkanes) is 1. The van der Waals surface area contributed by atoms with E-state index in [1.54, 1.807) is 0 Å². The molecule has 1 atom stereocenters. The molecule has 0 spiro atoms. The Labute approximate surface area is 109 Å². The molecule has 0 aliphatic carbocycles. The van der Waals surface area contributed by atoms with E-state index in [2.05, 4.69) is 30.2 Å². The number of amides is 1. The molecule has 0 heterocycles. The zero-order chi connectivity index (χ0) is 13.4. The lowest BCUT2D eigenvalue weighted by atomic mass is 10.1. The molecule has 0 aliphatic heterocycles. The van der Waals surface area contributed by atoms with Gasteiger partial charge >= 0.3 is 0 Å². The Morgan fingerprint density at radius 2 is 2.28 bits per heavy atom. The SMILES string of the molecule is C=CCCCNC(C)c1cccc(NC(C)=O)c1. The lowest BCUT2D eigenvalue weighted by Gasteiger charge is -2.15. The highest BCUT2D eigenvalue weighted by atomic mass is 16.1. The number of benzene rings is 1. The van der Waals surface area contributed by atoms with E-state index >= 15 is 0 Å². The first-order chi connectivity index (χ1) is 8.63. The van der Waals surface area contributed by atoms with E-state index in [4.69, 9.17) is 0 Å². The van der Waals surface area contributed by atoms with Gasteiger partial charge in [-0.1, -0.05) is 18.2 Å². The van der Waals surface area contributed by atoms with Crippen molar-refractivity contribution < 1.29 is 4.79 Å². The second-order valence-electron chi connectivity index (χ2n) is 4.41. The van der Waals surface area contributed by atoms with Crippen LogP contribution >= 0.6 is 0 Å². The molecule has 0 saturated heterocycles. The average Bonchev–Trinajstić information content (AvgIpc) is 2.34. The van der Waals surface area contributed by atoms with Gasteiger partial charge in [0.05, 0.1) is 0 Å². The number of anilines is 1. The van der Waals surface area contributed by atoms with E-state index in [1.165, 1.54) is 12.5 Å². The summed E-state index contributed by atoms with van der Waals surface area (Å²) < 4.78 is 0. The van der Waals surface area contributed by atoms with E-state index in [0.717, 1.165) is 25.1 Å². The van der Waals surface area contributed by atoms with Gasteiger partial charge in [0.1, 0.15) is 0 Å². The molecule has 0 radical (unpaired) electrons. The maximum absolute atomic E-state index is 11.0. The molecule has 1 unspecified atom stereocenters. The fourth-order valence-electron chi connectivity index (χ4n) is 1.77. The minimum absolute atomic E-state index is 0.0428. The summed E-state index contributed by atoms with van der Waals surface area (Å²) in [7, 11) is 0. The summed E-state index contributed by atoms with van der Waals surface area (Å²) in [5.74, 6) is -0.0428. The molecule has 0 fully saturated rings. The van der Waals surface area contributed by atoms with Gasteiger partial charge < -0.3 is 10.6 Å². The summed E-state index contributed by atoms with van der Waals surface area (Å²) in [6.07, 6.45) is 4.06. The van der Waals surface area contributed by atoms with E-state index < -0.39 is 0 Å². The molecule has 98 valence electrons. The molecule has 3 nitrogen and oxygen atoms in total. The van der Waals surface area contributed by atoms with Crippen molar-refractivity contribution in [3.63, 3.8) is 0 Å². The van der Waals surface area contributed by atoms with Gasteiger partial charge in [0.25, 0.3) is 0 Å². The third kappa shape index (κ3) is 5.15. The summed E-state index contributed by atoms with van der Waals surface area (Å²) in [6, 6.07) is 8.21. The van der Waals surface area contributed by atoms with Crippen molar-refractivity contribution in [2.75, 3.05) is 11.9 Å². The molecule has 1 amide bonds. The number of rotatable bonds is 7. The summed E-state index contributed by atoms with van der Waals surface area (Å²) in [5.41, 5.74) is 2.03. The van der Waals surface area contributed by atoms with Crippen LogP contribution in [0.5, 0.6) is 0 Å². The first-order valence-corrected chi connectivity index (χ1v) is 6.35. The van der Waals surface area contributed by atoms with Gasteiger partial charge in [0.2, 0.25) is 5.91 Å². The van der Waals surface area contributed by atoms with Crippen molar-refractivity contribution in [3.05, 3.63) is 42.5 Å². The van der Waals surface area contributed by atoms with E-state index in [-0.39, 0.29) is 11.9 Å². The molecule has 0 aromatic heterocycles. The minimum Gasteiger partial charge on any atom is -0.326 e. The molecule has 18 heavy (non-hydrogen) atoms. The van der Waals surface area contributed by atoms with Crippen molar-refractivity contribution >= 4 is 11.6 Å². The monoisotopic (exact) mass is 246 g/mol. The Bertz CT molecular complexity index is 401. The Hall–Kier alpha value is -1.61. The molecule has 1 aromatic rings. The fourth-order valence-corrected chi connectivity index (χ4v) is 1.77. The van der Waals surface area contributed by atoms with Crippen molar-refractivity contribution in [1.29, 1.82) is 0 Å². The van der Waals surface area contributed by atoms with Gasteiger partial charge in [-0.15, -0.1) is 6.58 Å². The van der Waals surface area contributed by atoms with Crippen LogP contribution in [0.2, 0.25) is 0 Å². The first kappa shape index (κ1) is 14.5. The van der Waals surface area contributed by atoms with Crippen LogP contribution in [0, 0.1) is 0 Å². The van der Waals surface area contributed by atoms with Gasteiger partial charge in [-0.3, -0.25) is 4.79 Å². The zero-order valence-electron chi connectivity index (χ0n) is 11.2. The van der Waals surface area contributed by atoms with Crippen LogP contribution < -0.4 is 10.6 Å². The topological polar surface area (TPSA) is 41.1 Å². The second kappa shape index (κ2) is 7.67. The van der Waals surface area contributed by atoms with Crippen molar-refractivity contribution in [2.24, 2.45) is 0 Å². The van der Waals surface area contributed by atoms with Crippen LogP contribution in [-0.4, -0.2) is 12.5 Å². The molecule has 0 saturated carbocycles. The molecule has 3 heteroatoms. The summed E-state index contributed by atoms with van der Waals surface area (Å²) in [4.78, 5) is 11.0. The number of hydrogen-bond donors (Lipinski definition) is 2. The molecular weight excluding hydrogens is 224 g/mol. The normalized spacial score (nSPS) is 11.9. The highest BCUT2D eigenvalue weighted by molar-refractivity contribution is 5.88. The maximum Gasteiger partial charge on any atom is 0.221 e. The molecule has 1 rings (SSSR count). The van der Waals surface area contributed by atoms with Gasteiger partial charge in [0, 0.05) is 18.7 Å². The van der Waals surface area contributed by atoms with Crippen molar-refractivity contribution in [1.82, 2.24) is 5.32 Å². The predicted molar refractivity (Wildman–Crippen MR) is 76.6 cm³/mol. The van der Waals surface area contributed by atoms with E-state index in [1.807, 2.05) is 24.3 Å². The highest BCUT2D eigenvalue weighted by Gasteiger charge is 2.05. The maximum atomic E-state index is 11.0. The van der Waals surface area contributed by atoms with Gasteiger partial charge in [-0.25, -0.2) is 0 Å². The van der Waals surface area contributed by atoms with Gasteiger partial charge in [-0.2, -0.15) is 0 Å². The summed E-state index contributed by atoms with van der Waals surface area (Å²) >= 11 is 0. The fraction of sp³-hybridized carbons (Fsp3) is 0.400. The van der Waals surface area contributed by atoms with Crippen molar-refractivity contribution in [2.45, 2.75) is 32.7 Å². The molecule has 0 bridgehead atoms. The van der Waals surface area contributed by atoms with Crippen LogP contribution in [0.25, 0.3) is 0 Å². The lowest BCUT2D eigenvalue weighted by Crippen LogP contribution is -2.19. The minimum atomic E-state index is -0.0428. The predicted octanol–water partition coefficient (Wildman–Crippen LogP) is 3.26. The second-order valence-corrected chi connectivity index (χ2v) is 4.41. The van der Waals surface area contributed by atoms with Crippen LogP contribution in [0.1, 0.15) is 38.3 Å².